The van der Waals surface area contributed by atoms with Gasteiger partial charge in [-0.2, -0.15) is 0 Å². The Balaban J connectivity index is 2.72. The fourth-order valence-corrected chi connectivity index (χ4v) is 2.94. The van der Waals surface area contributed by atoms with Crippen molar-refractivity contribution in [1.82, 2.24) is 0 Å². The van der Waals surface area contributed by atoms with Crippen LogP contribution in [0.2, 0.25) is 0 Å². The predicted molar refractivity (Wildman–Crippen MR) is 79.8 cm³/mol. The summed E-state index contributed by atoms with van der Waals surface area (Å²) in [4.78, 5) is 0. The molecule has 0 fully saturated rings. The highest BCUT2D eigenvalue weighted by atomic mass is 32.2. The summed E-state index contributed by atoms with van der Waals surface area (Å²) in [5.74, 6) is 1.16. The van der Waals surface area contributed by atoms with E-state index in [0.717, 1.165) is 17.0 Å². The van der Waals surface area contributed by atoms with E-state index in [1.165, 1.54) is 0 Å². The Hall–Kier alpha value is -1.23. The van der Waals surface area contributed by atoms with Gasteiger partial charge in [0.15, 0.2) is 9.84 Å². The van der Waals surface area contributed by atoms with Crippen LogP contribution in [-0.4, -0.2) is 32.6 Å². The molecule has 0 aromatic heterocycles. The first-order valence-electron chi connectivity index (χ1n) is 6.58. The van der Waals surface area contributed by atoms with Gasteiger partial charge >= 0.3 is 0 Å². The van der Waals surface area contributed by atoms with Crippen LogP contribution in [-0.2, 0) is 9.84 Å². The molecule has 5 heteroatoms. The topological polar surface area (TPSA) is 55.4 Å². The molecule has 1 rings (SSSR count). The lowest BCUT2D eigenvalue weighted by atomic mass is 10.2. The number of anilines is 1. The summed E-state index contributed by atoms with van der Waals surface area (Å²) in [6.45, 7) is 8.11. The molecule has 0 spiro atoms. The highest BCUT2D eigenvalue weighted by Gasteiger charge is 2.14. The monoisotopic (exact) mass is 285 g/mol. The van der Waals surface area contributed by atoms with Crippen molar-refractivity contribution in [2.24, 2.45) is 0 Å². The lowest BCUT2D eigenvalue weighted by Gasteiger charge is -2.17. The Morgan fingerprint density at radius 3 is 2.53 bits per heavy atom. The van der Waals surface area contributed by atoms with Gasteiger partial charge in [0.05, 0.1) is 12.4 Å². The Morgan fingerprint density at radius 2 is 2.00 bits per heavy atom. The van der Waals surface area contributed by atoms with Gasteiger partial charge in [-0.15, -0.1) is 0 Å². The van der Waals surface area contributed by atoms with Crippen LogP contribution >= 0.6 is 0 Å². The molecule has 19 heavy (non-hydrogen) atoms. The van der Waals surface area contributed by atoms with Crippen LogP contribution in [0.1, 0.15) is 26.3 Å². The fourth-order valence-electron chi connectivity index (χ4n) is 1.86. The maximum absolute atomic E-state index is 11.6. The zero-order valence-corrected chi connectivity index (χ0v) is 12.9. The van der Waals surface area contributed by atoms with E-state index >= 15 is 0 Å². The van der Waals surface area contributed by atoms with Gasteiger partial charge in [-0.1, -0.05) is 6.92 Å². The fraction of sp³-hybridized carbons (Fsp3) is 0.571. The van der Waals surface area contributed by atoms with Crippen LogP contribution in [0, 0.1) is 6.92 Å². The second-order valence-corrected chi connectivity index (χ2v) is 7.05. The van der Waals surface area contributed by atoms with Crippen molar-refractivity contribution < 1.29 is 13.2 Å². The Bertz CT molecular complexity index is 511. The number of hydrogen-bond donors (Lipinski definition) is 1. The van der Waals surface area contributed by atoms with Crippen LogP contribution < -0.4 is 10.1 Å². The summed E-state index contributed by atoms with van der Waals surface area (Å²) in [6, 6.07) is 5.66. The van der Waals surface area contributed by atoms with E-state index in [-0.39, 0.29) is 17.5 Å². The second kappa shape index (κ2) is 6.80. The van der Waals surface area contributed by atoms with Gasteiger partial charge in [0.25, 0.3) is 0 Å². The van der Waals surface area contributed by atoms with Gasteiger partial charge in [-0.3, -0.25) is 0 Å². The van der Waals surface area contributed by atoms with Gasteiger partial charge in [0.2, 0.25) is 0 Å². The Kier molecular flexibility index (Phi) is 5.66. The zero-order chi connectivity index (χ0) is 14.5. The molecule has 0 aliphatic heterocycles. The average molecular weight is 285 g/mol. The molecule has 1 N–H and O–H groups in total. The molecule has 0 radical (unpaired) electrons. The molecule has 0 heterocycles. The van der Waals surface area contributed by atoms with Crippen molar-refractivity contribution in [3.8, 4) is 5.75 Å². The number of aryl methyl sites for hydroxylation is 1. The molecule has 0 saturated heterocycles. The van der Waals surface area contributed by atoms with E-state index in [1.807, 2.05) is 39.0 Å². The molecule has 1 aromatic rings. The van der Waals surface area contributed by atoms with Gasteiger partial charge in [-0.25, -0.2) is 8.42 Å². The minimum absolute atomic E-state index is 0.110. The third-order valence-corrected chi connectivity index (χ3v) is 4.74. The van der Waals surface area contributed by atoms with Crippen LogP contribution in [0.15, 0.2) is 18.2 Å². The summed E-state index contributed by atoms with van der Waals surface area (Å²) < 4.78 is 28.5. The normalized spacial score (nSPS) is 13.1. The van der Waals surface area contributed by atoms with Crippen LogP contribution in [0.5, 0.6) is 5.75 Å². The summed E-state index contributed by atoms with van der Waals surface area (Å²) in [6.07, 6.45) is 0. The third kappa shape index (κ3) is 5.11. The average Bonchev–Trinajstić information content (AvgIpc) is 2.32. The molecule has 0 amide bonds. The van der Waals surface area contributed by atoms with Crippen LogP contribution in [0.4, 0.5) is 5.69 Å². The number of hydrogen-bond acceptors (Lipinski definition) is 4. The molecule has 1 atom stereocenters. The molecular weight excluding hydrogens is 262 g/mol. The lowest BCUT2D eigenvalue weighted by molar-refractivity contribution is 0.340. The zero-order valence-electron chi connectivity index (χ0n) is 12.1. The van der Waals surface area contributed by atoms with E-state index in [1.54, 1.807) is 6.92 Å². The number of ether oxygens (including phenoxy) is 1. The molecule has 0 bridgehead atoms. The Labute approximate surface area is 116 Å². The van der Waals surface area contributed by atoms with Crippen molar-refractivity contribution in [2.45, 2.75) is 33.7 Å². The molecule has 0 aliphatic rings. The van der Waals surface area contributed by atoms with Crippen molar-refractivity contribution in [3.05, 3.63) is 23.8 Å². The minimum Gasteiger partial charge on any atom is -0.494 e. The van der Waals surface area contributed by atoms with E-state index in [9.17, 15) is 8.42 Å². The standard InChI is InChI=1S/C14H23NO3S/c1-5-18-13-7-8-14(11(3)9-13)15-12(4)10-19(16,17)6-2/h7-9,12,15H,5-6,10H2,1-4H3. The minimum atomic E-state index is -2.96. The van der Waals surface area contributed by atoms with E-state index < -0.39 is 9.84 Å². The number of sulfone groups is 1. The van der Waals surface area contributed by atoms with Crippen molar-refractivity contribution in [2.75, 3.05) is 23.4 Å². The SMILES string of the molecule is CCOc1ccc(NC(C)CS(=O)(=O)CC)c(C)c1. The number of benzene rings is 1. The molecule has 108 valence electrons. The maximum atomic E-state index is 11.6. The van der Waals surface area contributed by atoms with Gasteiger partial charge in [-0.05, 0) is 44.5 Å². The molecule has 1 aromatic carbocycles. The molecule has 1 unspecified atom stereocenters. The first kappa shape index (κ1) is 15.8. The van der Waals surface area contributed by atoms with Crippen molar-refractivity contribution >= 4 is 15.5 Å². The number of nitrogens with one attached hydrogen (secondary N) is 1. The number of rotatable bonds is 7. The summed E-state index contributed by atoms with van der Waals surface area (Å²) in [5.41, 5.74) is 1.99. The first-order chi connectivity index (χ1) is 8.88. The van der Waals surface area contributed by atoms with Gasteiger partial charge < -0.3 is 10.1 Å². The summed E-state index contributed by atoms with van der Waals surface area (Å²) in [5, 5.41) is 3.24. The van der Waals surface area contributed by atoms with Crippen LogP contribution in [0.3, 0.4) is 0 Å². The van der Waals surface area contributed by atoms with Crippen LogP contribution in [0.25, 0.3) is 0 Å². The van der Waals surface area contributed by atoms with E-state index in [2.05, 4.69) is 5.32 Å². The first-order valence-corrected chi connectivity index (χ1v) is 8.40. The van der Waals surface area contributed by atoms with Gasteiger partial charge in [0.1, 0.15) is 5.75 Å². The molecular formula is C14H23NO3S. The van der Waals surface area contributed by atoms with Crippen molar-refractivity contribution in [1.29, 1.82) is 0 Å². The summed E-state index contributed by atoms with van der Waals surface area (Å²) in [7, 11) is -2.96. The van der Waals surface area contributed by atoms with Crippen molar-refractivity contribution in [3.63, 3.8) is 0 Å². The Morgan fingerprint density at radius 1 is 1.32 bits per heavy atom. The maximum Gasteiger partial charge on any atom is 0.152 e. The highest BCUT2D eigenvalue weighted by Crippen LogP contribution is 2.22. The van der Waals surface area contributed by atoms with E-state index in [0.29, 0.717) is 6.61 Å². The predicted octanol–water partition coefficient (Wildman–Crippen LogP) is 2.63. The smallest absolute Gasteiger partial charge is 0.152 e. The summed E-state index contributed by atoms with van der Waals surface area (Å²) >= 11 is 0. The second-order valence-electron chi connectivity index (χ2n) is 4.65. The van der Waals surface area contributed by atoms with Gasteiger partial charge in [0, 0.05) is 17.5 Å². The highest BCUT2D eigenvalue weighted by molar-refractivity contribution is 7.91. The third-order valence-electron chi connectivity index (χ3n) is 2.85. The molecule has 0 saturated carbocycles. The largest absolute Gasteiger partial charge is 0.494 e. The molecule has 0 aliphatic carbocycles. The van der Waals surface area contributed by atoms with E-state index in [4.69, 9.17) is 4.74 Å². The quantitative estimate of drug-likeness (QED) is 0.836. The molecule has 4 nitrogen and oxygen atoms in total. The lowest BCUT2D eigenvalue weighted by Crippen LogP contribution is -2.27.